The van der Waals surface area contributed by atoms with Gasteiger partial charge in [-0.3, -0.25) is 4.98 Å². The number of benzene rings is 1. The van der Waals surface area contributed by atoms with Crippen LogP contribution in [0.2, 0.25) is 5.02 Å². The van der Waals surface area contributed by atoms with Crippen LogP contribution in [0.1, 0.15) is 53.6 Å². The first-order chi connectivity index (χ1) is 14.4. The molecule has 1 fully saturated rings. The van der Waals surface area contributed by atoms with E-state index in [1.165, 1.54) is 17.0 Å². The molecule has 0 amide bonds. The molecular formula is C24H27ClN4S. The summed E-state index contributed by atoms with van der Waals surface area (Å²) in [6.07, 6.45) is 2.87. The Morgan fingerprint density at radius 3 is 2.63 bits per heavy atom. The van der Waals surface area contributed by atoms with E-state index in [0.717, 1.165) is 40.0 Å². The van der Waals surface area contributed by atoms with Gasteiger partial charge in [-0.05, 0) is 80.9 Å². The maximum Gasteiger partial charge on any atom is 0.170 e. The molecule has 2 atom stereocenters. The summed E-state index contributed by atoms with van der Waals surface area (Å²) in [5, 5.41) is 5.11. The fourth-order valence-corrected chi connectivity index (χ4v) is 5.02. The van der Waals surface area contributed by atoms with Gasteiger partial charge in [-0.15, -0.1) is 0 Å². The zero-order chi connectivity index (χ0) is 21.4. The Balaban J connectivity index is 1.86. The van der Waals surface area contributed by atoms with Gasteiger partial charge >= 0.3 is 0 Å². The molecule has 0 bridgehead atoms. The molecule has 2 aromatic heterocycles. The summed E-state index contributed by atoms with van der Waals surface area (Å²) in [6, 6.07) is 14.5. The van der Waals surface area contributed by atoms with Crippen LogP contribution < -0.4 is 5.32 Å². The van der Waals surface area contributed by atoms with Gasteiger partial charge in [0.25, 0.3) is 0 Å². The van der Waals surface area contributed by atoms with Gasteiger partial charge in [0.2, 0.25) is 0 Å². The van der Waals surface area contributed by atoms with Gasteiger partial charge in [0, 0.05) is 34.8 Å². The first-order valence-corrected chi connectivity index (χ1v) is 11.1. The van der Waals surface area contributed by atoms with Crippen LogP contribution in [0.25, 0.3) is 5.69 Å². The van der Waals surface area contributed by atoms with Crippen molar-refractivity contribution < 1.29 is 0 Å². The highest BCUT2D eigenvalue weighted by molar-refractivity contribution is 7.80. The minimum Gasteiger partial charge on any atom is -0.352 e. The van der Waals surface area contributed by atoms with Crippen molar-refractivity contribution in [3.05, 3.63) is 81.9 Å². The van der Waals surface area contributed by atoms with Crippen molar-refractivity contribution >= 4 is 28.9 Å². The second kappa shape index (κ2) is 8.40. The Hall–Kier alpha value is -2.37. The lowest BCUT2D eigenvalue weighted by atomic mass is 9.96. The van der Waals surface area contributed by atoms with E-state index >= 15 is 0 Å². The highest BCUT2D eigenvalue weighted by atomic mass is 35.5. The summed E-state index contributed by atoms with van der Waals surface area (Å²) >= 11 is 12.2. The van der Waals surface area contributed by atoms with Crippen molar-refractivity contribution in [2.24, 2.45) is 0 Å². The number of rotatable bonds is 5. The molecule has 1 saturated heterocycles. The third-order valence-corrected chi connectivity index (χ3v) is 6.69. The summed E-state index contributed by atoms with van der Waals surface area (Å²) in [7, 11) is 0. The summed E-state index contributed by atoms with van der Waals surface area (Å²) in [4.78, 5) is 6.95. The largest absolute Gasteiger partial charge is 0.352 e. The van der Waals surface area contributed by atoms with Gasteiger partial charge in [-0.1, -0.05) is 30.7 Å². The van der Waals surface area contributed by atoms with Crippen molar-refractivity contribution in [3.8, 4) is 5.69 Å². The second-order valence-electron chi connectivity index (χ2n) is 7.87. The number of halogens is 1. The van der Waals surface area contributed by atoms with E-state index in [9.17, 15) is 0 Å². The van der Waals surface area contributed by atoms with Gasteiger partial charge in [0.05, 0.1) is 17.8 Å². The number of nitrogens with zero attached hydrogens (tertiary/aromatic N) is 3. The third-order valence-electron chi connectivity index (χ3n) is 5.93. The lowest BCUT2D eigenvalue weighted by Gasteiger charge is -2.28. The third kappa shape index (κ3) is 3.50. The van der Waals surface area contributed by atoms with E-state index in [0.29, 0.717) is 0 Å². The molecule has 0 radical (unpaired) electrons. The Bertz CT molecular complexity index is 1080. The van der Waals surface area contributed by atoms with E-state index < -0.39 is 0 Å². The molecule has 6 heteroatoms. The molecule has 3 aromatic rings. The zero-order valence-electron chi connectivity index (χ0n) is 17.8. The van der Waals surface area contributed by atoms with Gasteiger partial charge < -0.3 is 14.8 Å². The molecular weight excluding hydrogens is 412 g/mol. The van der Waals surface area contributed by atoms with Crippen molar-refractivity contribution in [3.63, 3.8) is 0 Å². The average Bonchev–Trinajstić information content (AvgIpc) is 3.21. The van der Waals surface area contributed by atoms with Crippen molar-refractivity contribution in [1.82, 2.24) is 19.8 Å². The van der Waals surface area contributed by atoms with Crippen LogP contribution in [0.15, 0.2) is 48.7 Å². The maximum atomic E-state index is 6.43. The Kier molecular flexibility index (Phi) is 5.85. The number of aromatic nitrogens is 2. The Morgan fingerprint density at radius 2 is 1.93 bits per heavy atom. The maximum absolute atomic E-state index is 6.43. The normalized spacial score (nSPS) is 18.7. The first kappa shape index (κ1) is 20.9. The SMILES string of the molecule is CCCN1C(=S)N[C@@H](c2ccccn2)[C@@H]1c1cc(C)n(-c2cccc(Cl)c2C)c1C. The standard InChI is InChI=1S/C24H27ClN4S/c1-5-13-28-23(22(27-24(28)30)20-10-6-7-12-26-20)18-14-15(2)29(17(18)4)21-11-8-9-19(25)16(21)3/h6-12,14,22-23H,5,13H2,1-4H3,(H,27,30)/t22-,23-/m0/s1. The van der Waals surface area contributed by atoms with Crippen molar-refractivity contribution in [1.29, 1.82) is 0 Å². The minimum atomic E-state index is 0.0136. The second-order valence-corrected chi connectivity index (χ2v) is 8.66. The zero-order valence-corrected chi connectivity index (χ0v) is 19.4. The summed E-state index contributed by atoms with van der Waals surface area (Å²) in [5.74, 6) is 0. The first-order valence-electron chi connectivity index (χ1n) is 10.4. The van der Waals surface area contributed by atoms with Crippen LogP contribution in [0.4, 0.5) is 0 Å². The molecule has 0 aliphatic carbocycles. The van der Waals surface area contributed by atoms with Gasteiger partial charge in [-0.2, -0.15) is 0 Å². The Labute approximate surface area is 188 Å². The van der Waals surface area contributed by atoms with Crippen LogP contribution >= 0.6 is 23.8 Å². The summed E-state index contributed by atoms with van der Waals surface area (Å²) < 4.78 is 2.30. The fourth-order valence-electron chi connectivity index (χ4n) is 4.52. The van der Waals surface area contributed by atoms with Crippen LogP contribution in [-0.2, 0) is 0 Å². The van der Waals surface area contributed by atoms with E-state index in [-0.39, 0.29) is 12.1 Å². The predicted molar refractivity (Wildman–Crippen MR) is 127 cm³/mol. The molecule has 4 rings (SSSR count). The molecule has 0 unspecified atom stereocenters. The van der Waals surface area contributed by atoms with E-state index in [1.807, 2.05) is 30.5 Å². The molecule has 1 N–H and O–H groups in total. The van der Waals surface area contributed by atoms with Gasteiger partial charge in [0.15, 0.2) is 5.11 Å². The van der Waals surface area contributed by atoms with Crippen molar-refractivity contribution in [2.45, 2.75) is 46.2 Å². The number of aryl methyl sites for hydroxylation is 1. The lowest BCUT2D eigenvalue weighted by molar-refractivity contribution is 0.316. The highest BCUT2D eigenvalue weighted by Crippen LogP contribution is 2.41. The molecule has 156 valence electrons. The lowest BCUT2D eigenvalue weighted by Crippen LogP contribution is -2.30. The number of pyridine rings is 1. The topological polar surface area (TPSA) is 33.1 Å². The number of hydrogen-bond donors (Lipinski definition) is 1. The van der Waals surface area contributed by atoms with Gasteiger partial charge in [0.1, 0.15) is 0 Å². The monoisotopic (exact) mass is 438 g/mol. The molecule has 0 saturated carbocycles. The van der Waals surface area contributed by atoms with E-state index in [1.54, 1.807) is 0 Å². The molecule has 30 heavy (non-hydrogen) atoms. The molecule has 1 aliphatic heterocycles. The van der Waals surface area contributed by atoms with E-state index in [4.69, 9.17) is 23.8 Å². The predicted octanol–water partition coefficient (Wildman–Crippen LogP) is 5.83. The van der Waals surface area contributed by atoms with Crippen LogP contribution in [-0.4, -0.2) is 26.1 Å². The van der Waals surface area contributed by atoms with E-state index in [2.05, 4.69) is 65.7 Å². The van der Waals surface area contributed by atoms with Gasteiger partial charge in [-0.25, -0.2) is 0 Å². The molecule has 3 heterocycles. The molecule has 0 spiro atoms. The fraction of sp³-hybridized carbons (Fsp3) is 0.333. The van der Waals surface area contributed by atoms with Crippen molar-refractivity contribution in [2.75, 3.05) is 6.54 Å². The van der Waals surface area contributed by atoms with Crippen LogP contribution in [0.5, 0.6) is 0 Å². The molecule has 4 nitrogen and oxygen atoms in total. The summed E-state index contributed by atoms with van der Waals surface area (Å²) in [6.45, 7) is 9.50. The summed E-state index contributed by atoms with van der Waals surface area (Å²) in [5.41, 5.74) is 6.86. The number of nitrogens with one attached hydrogen (secondary N) is 1. The highest BCUT2D eigenvalue weighted by Gasteiger charge is 2.41. The molecule has 1 aromatic carbocycles. The minimum absolute atomic E-state index is 0.0136. The average molecular weight is 439 g/mol. The Morgan fingerprint density at radius 1 is 1.13 bits per heavy atom. The quantitative estimate of drug-likeness (QED) is 0.508. The smallest absolute Gasteiger partial charge is 0.170 e. The van der Waals surface area contributed by atoms with Crippen LogP contribution in [0, 0.1) is 20.8 Å². The molecule has 1 aliphatic rings. The number of hydrogen-bond acceptors (Lipinski definition) is 2. The van der Waals surface area contributed by atoms with Crippen LogP contribution in [0.3, 0.4) is 0 Å². The number of thiocarbonyl (C=S) groups is 1.